The fraction of sp³-hybridized carbons (Fsp3) is 0.304. The van der Waals surface area contributed by atoms with Crippen molar-refractivity contribution < 1.29 is 9.15 Å². The first-order valence-corrected chi connectivity index (χ1v) is 10.1. The molecule has 1 aromatic heterocycles. The monoisotopic (exact) mass is 533 g/mol. The summed E-state index contributed by atoms with van der Waals surface area (Å²) in [6, 6.07) is 18.1. The first-order valence-electron chi connectivity index (χ1n) is 10.1. The molecule has 1 saturated heterocycles. The number of rotatable bonds is 5. The van der Waals surface area contributed by atoms with Gasteiger partial charge in [0.2, 0.25) is 5.89 Å². The van der Waals surface area contributed by atoms with E-state index in [1.54, 1.807) is 13.4 Å². The maximum Gasteiger partial charge on any atom is 0.226 e. The molecule has 0 atom stereocenters. The van der Waals surface area contributed by atoms with E-state index in [2.05, 4.69) is 37.2 Å². The van der Waals surface area contributed by atoms with Gasteiger partial charge in [-0.3, -0.25) is 4.99 Å². The van der Waals surface area contributed by atoms with Gasteiger partial charge in [0.05, 0.1) is 19.3 Å². The Morgan fingerprint density at radius 2 is 1.87 bits per heavy atom. The molecule has 1 aliphatic rings. The molecule has 1 fully saturated rings. The Bertz CT molecular complexity index is 984. The topological polar surface area (TPSA) is 66.1 Å². The third-order valence-corrected chi connectivity index (χ3v) is 5.21. The van der Waals surface area contributed by atoms with Gasteiger partial charge >= 0.3 is 0 Å². The second-order valence-electron chi connectivity index (χ2n) is 7.09. The molecule has 2 heterocycles. The van der Waals surface area contributed by atoms with Crippen molar-refractivity contribution in [3.63, 3.8) is 0 Å². The molecular formula is C23H28IN5O2. The number of ether oxygens (including phenoxy) is 1. The van der Waals surface area contributed by atoms with E-state index in [0.717, 1.165) is 49.1 Å². The van der Waals surface area contributed by atoms with Gasteiger partial charge < -0.3 is 24.3 Å². The van der Waals surface area contributed by atoms with E-state index in [9.17, 15) is 0 Å². The predicted octanol–water partition coefficient (Wildman–Crippen LogP) is 3.87. The summed E-state index contributed by atoms with van der Waals surface area (Å²) in [7, 11) is 3.51. The molecule has 164 valence electrons. The van der Waals surface area contributed by atoms with Gasteiger partial charge in [-0.05, 0) is 24.3 Å². The van der Waals surface area contributed by atoms with Crippen molar-refractivity contribution >= 4 is 35.6 Å². The molecule has 31 heavy (non-hydrogen) atoms. The van der Waals surface area contributed by atoms with Gasteiger partial charge in [0.1, 0.15) is 12.0 Å². The Kier molecular flexibility index (Phi) is 8.16. The zero-order chi connectivity index (χ0) is 20.8. The first-order chi connectivity index (χ1) is 14.8. The van der Waals surface area contributed by atoms with Crippen LogP contribution in [-0.2, 0) is 6.54 Å². The zero-order valence-electron chi connectivity index (χ0n) is 17.8. The second-order valence-corrected chi connectivity index (χ2v) is 7.09. The molecule has 0 aliphatic carbocycles. The highest BCUT2D eigenvalue weighted by Gasteiger charge is 2.20. The third-order valence-electron chi connectivity index (χ3n) is 5.21. The second kappa shape index (κ2) is 11.0. The third kappa shape index (κ3) is 5.69. The number of benzene rings is 2. The molecule has 0 bridgehead atoms. The van der Waals surface area contributed by atoms with Gasteiger partial charge in [-0.2, -0.15) is 0 Å². The Hall–Kier alpha value is -2.75. The lowest BCUT2D eigenvalue weighted by atomic mass is 10.2. The molecule has 2 aromatic carbocycles. The number of nitrogens with one attached hydrogen (secondary N) is 1. The lowest BCUT2D eigenvalue weighted by Crippen LogP contribution is -2.52. The van der Waals surface area contributed by atoms with Gasteiger partial charge in [0.25, 0.3) is 0 Å². The first kappa shape index (κ1) is 22.9. The van der Waals surface area contributed by atoms with Crippen molar-refractivity contribution in [1.82, 2.24) is 15.2 Å². The number of methoxy groups -OCH3 is 1. The van der Waals surface area contributed by atoms with E-state index in [1.807, 2.05) is 49.5 Å². The lowest BCUT2D eigenvalue weighted by Gasteiger charge is -2.37. The number of aromatic nitrogens is 1. The minimum atomic E-state index is 0. The Balaban J connectivity index is 0.00000272. The number of halogens is 1. The summed E-state index contributed by atoms with van der Waals surface area (Å²) >= 11 is 0. The van der Waals surface area contributed by atoms with Gasteiger partial charge in [0, 0.05) is 50.5 Å². The summed E-state index contributed by atoms with van der Waals surface area (Å²) in [6.45, 7) is 4.21. The maximum absolute atomic E-state index is 5.62. The van der Waals surface area contributed by atoms with E-state index in [1.165, 1.54) is 5.69 Å². The summed E-state index contributed by atoms with van der Waals surface area (Å²) in [5, 5.41) is 3.41. The Morgan fingerprint density at radius 1 is 1.10 bits per heavy atom. The van der Waals surface area contributed by atoms with Gasteiger partial charge in [-0.25, -0.2) is 4.98 Å². The summed E-state index contributed by atoms with van der Waals surface area (Å²) in [5.41, 5.74) is 3.01. The number of piperazine rings is 1. The molecule has 0 unspecified atom stereocenters. The normalized spacial score (nSPS) is 14.2. The number of anilines is 1. The quantitative estimate of drug-likeness (QED) is 0.305. The van der Waals surface area contributed by atoms with Crippen molar-refractivity contribution in [2.75, 3.05) is 45.2 Å². The fourth-order valence-electron chi connectivity index (χ4n) is 3.59. The number of hydrogen-bond acceptors (Lipinski definition) is 5. The standard InChI is InChI=1S/C23H27N5O2.HI/c1-24-23(25-16-19-17-30-22(26-19)18-7-4-3-5-8-18)28-13-11-27(12-14-28)20-9-6-10-21(15-20)29-2;/h3-10,15,17H,11-14,16H2,1-2H3,(H,24,25);1H. The smallest absolute Gasteiger partial charge is 0.226 e. The molecule has 7 nitrogen and oxygen atoms in total. The maximum atomic E-state index is 5.62. The van der Waals surface area contributed by atoms with E-state index < -0.39 is 0 Å². The molecular weight excluding hydrogens is 505 g/mol. The van der Waals surface area contributed by atoms with Gasteiger partial charge in [-0.15, -0.1) is 24.0 Å². The summed E-state index contributed by atoms with van der Waals surface area (Å²) in [6.07, 6.45) is 1.70. The zero-order valence-corrected chi connectivity index (χ0v) is 20.2. The minimum Gasteiger partial charge on any atom is -0.497 e. The highest BCUT2D eigenvalue weighted by Crippen LogP contribution is 2.22. The van der Waals surface area contributed by atoms with Crippen LogP contribution in [0, 0.1) is 0 Å². The summed E-state index contributed by atoms with van der Waals surface area (Å²) in [5.74, 6) is 2.40. The predicted molar refractivity (Wildman–Crippen MR) is 134 cm³/mol. The molecule has 3 aromatic rings. The fourth-order valence-corrected chi connectivity index (χ4v) is 3.59. The minimum absolute atomic E-state index is 0. The van der Waals surface area contributed by atoms with E-state index in [-0.39, 0.29) is 24.0 Å². The van der Waals surface area contributed by atoms with Crippen LogP contribution in [0.4, 0.5) is 5.69 Å². The van der Waals surface area contributed by atoms with E-state index >= 15 is 0 Å². The van der Waals surface area contributed by atoms with Crippen molar-refractivity contribution in [3.05, 3.63) is 66.6 Å². The van der Waals surface area contributed by atoms with Crippen LogP contribution in [-0.4, -0.2) is 56.2 Å². The van der Waals surface area contributed by atoms with Crippen LogP contribution in [0.5, 0.6) is 5.75 Å². The number of hydrogen-bond donors (Lipinski definition) is 1. The largest absolute Gasteiger partial charge is 0.497 e. The van der Waals surface area contributed by atoms with Crippen LogP contribution in [0.1, 0.15) is 5.69 Å². The molecule has 0 spiro atoms. The molecule has 0 radical (unpaired) electrons. The number of aliphatic imine (C=N–C) groups is 1. The summed E-state index contributed by atoms with van der Waals surface area (Å²) < 4.78 is 11.0. The van der Waals surface area contributed by atoms with Crippen LogP contribution < -0.4 is 15.0 Å². The average molecular weight is 533 g/mol. The van der Waals surface area contributed by atoms with E-state index in [4.69, 9.17) is 9.15 Å². The number of nitrogens with zero attached hydrogens (tertiary/aromatic N) is 4. The molecule has 4 rings (SSSR count). The number of guanidine groups is 1. The lowest BCUT2D eigenvalue weighted by molar-refractivity contribution is 0.371. The van der Waals surface area contributed by atoms with Gasteiger partial charge in [-0.1, -0.05) is 24.3 Å². The van der Waals surface area contributed by atoms with Crippen molar-refractivity contribution in [1.29, 1.82) is 0 Å². The van der Waals surface area contributed by atoms with Gasteiger partial charge in [0.15, 0.2) is 5.96 Å². The highest BCUT2D eigenvalue weighted by molar-refractivity contribution is 14.0. The number of oxazole rings is 1. The molecule has 0 saturated carbocycles. The Morgan fingerprint density at radius 3 is 2.58 bits per heavy atom. The van der Waals surface area contributed by atoms with Crippen LogP contribution in [0.15, 0.2) is 70.3 Å². The van der Waals surface area contributed by atoms with Crippen LogP contribution in [0.25, 0.3) is 11.5 Å². The average Bonchev–Trinajstić information content (AvgIpc) is 3.30. The van der Waals surface area contributed by atoms with Crippen LogP contribution >= 0.6 is 24.0 Å². The highest BCUT2D eigenvalue weighted by atomic mass is 127. The van der Waals surface area contributed by atoms with Crippen LogP contribution in [0.2, 0.25) is 0 Å². The molecule has 1 N–H and O–H groups in total. The van der Waals surface area contributed by atoms with Crippen LogP contribution in [0.3, 0.4) is 0 Å². The molecule has 8 heteroatoms. The van der Waals surface area contributed by atoms with Crippen molar-refractivity contribution in [2.24, 2.45) is 4.99 Å². The van der Waals surface area contributed by atoms with Crippen molar-refractivity contribution in [3.8, 4) is 17.2 Å². The molecule has 1 aliphatic heterocycles. The van der Waals surface area contributed by atoms with E-state index in [0.29, 0.717) is 12.4 Å². The molecule has 0 amide bonds. The Labute approximate surface area is 200 Å². The summed E-state index contributed by atoms with van der Waals surface area (Å²) in [4.78, 5) is 13.7. The SMILES string of the molecule is CN=C(NCc1coc(-c2ccccc2)n1)N1CCN(c2cccc(OC)c2)CC1.I. The van der Waals surface area contributed by atoms with Crippen molar-refractivity contribution in [2.45, 2.75) is 6.54 Å².